The Morgan fingerprint density at radius 1 is 1.16 bits per heavy atom. The first kappa shape index (κ1) is 16.2. The van der Waals surface area contributed by atoms with Crippen LogP contribution in [0, 0.1) is 0 Å². The summed E-state index contributed by atoms with van der Waals surface area (Å²) in [5.41, 5.74) is 3.66. The van der Waals surface area contributed by atoms with Crippen molar-refractivity contribution in [1.82, 2.24) is 14.9 Å². The van der Waals surface area contributed by atoms with Crippen molar-refractivity contribution in [1.29, 1.82) is 0 Å². The van der Waals surface area contributed by atoms with Crippen molar-refractivity contribution in [2.75, 3.05) is 0 Å². The molecule has 2 aromatic carbocycles. The maximum absolute atomic E-state index is 12.5. The number of fused-ring (bicyclic) bond motifs is 3. The number of halogens is 1. The summed E-state index contributed by atoms with van der Waals surface area (Å²) in [6.07, 6.45) is 4.66. The second-order valence-electron chi connectivity index (χ2n) is 6.51. The number of amides is 1. The summed E-state index contributed by atoms with van der Waals surface area (Å²) < 4.78 is 2.30. The molecule has 0 saturated heterocycles. The van der Waals surface area contributed by atoms with Gasteiger partial charge in [0.1, 0.15) is 5.82 Å². The molecule has 2 heterocycles. The van der Waals surface area contributed by atoms with Gasteiger partial charge in [0.25, 0.3) is 5.91 Å². The summed E-state index contributed by atoms with van der Waals surface area (Å²) in [4.78, 5) is 17.2. The number of carbonyl (C=O) groups is 1. The molecule has 1 aliphatic heterocycles. The molecule has 0 bridgehead atoms. The van der Waals surface area contributed by atoms with Gasteiger partial charge in [0, 0.05) is 30.1 Å². The first-order valence-corrected chi connectivity index (χ1v) is 9.10. The van der Waals surface area contributed by atoms with Crippen molar-refractivity contribution in [3.63, 3.8) is 0 Å². The molecular formula is C20H20ClN3O. The highest BCUT2D eigenvalue weighted by atomic mass is 35.5. The van der Waals surface area contributed by atoms with Crippen molar-refractivity contribution in [3.05, 3.63) is 64.4 Å². The number of hydrogen-bond donors (Lipinski definition) is 1. The number of carbonyl (C=O) groups excluding carboxylic acids is 1. The molecule has 0 fully saturated rings. The summed E-state index contributed by atoms with van der Waals surface area (Å²) in [5.74, 6) is 1.05. The van der Waals surface area contributed by atoms with Gasteiger partial charge in [-0.05, 0) is 48.7 Å². The Kier molecular flexibility index (Phi) is 4.45. The number of aryl methyl sites for hydroxylation is 2. The van der Waals surface area contributed by atoms with Gasteiger partial charge in [-0.1, -0.05) is 30.2 Å². The predicted molar refractivity (Wildman–Crippen MR) is 99.9 cm³/mol. The molecule has 128 valence electrons. The lowest BCUT2D eigenvalue weighted by Crippen LogP contribution is -2.22. The third-order valence-electron chi connectivity index (χ3n) is 4.71. The molecule has 1 N–H and O–H groups in total. The van der Waals surface area contributed by atoms with Gasteiger partial charge in [-0.2, -0.15) is 0 Å². The van der Waals surface area contributed by atoms with E-state index >= 15 is 0 Å². The summed E-state index contributed by atoms with van der Waals surface area (Å²) in [7, 11) is 0. The normalized spacial score (nSPS) is 14.1. The monoisotopic (exact) mass is 353 g/mol. The maximum Gasteiger partial charge on any atom is 0.251 e. The molecule has 0 spiro atoms. The average Bonchev–Trinajstić information content (AvgIpc) is 2.80. The maximum atomic E-state index is 12.5. The van der Waals surface area contributed by atoms with Crippen molar-refractivity contribution >= 4 is 28.5 Å². The number of hydrogen-bond acceptors (Lipinski definition) is 2. The van der Waals surface area contributed by atoms with Crippen LogP contribution in [0.2, 0.25) is 5.02 Å². The van der Waals surface area contributed by atoms with Crippen LogP contribution in [0.3, 0.4) is 0 Å². The second-order valence-corrected chi connectivity index (χ2v) is 6.94. The first-order valence-electron chi connectivity index (χ1n) is 8.72. The molecule has 25 heavy (non-hydrogen) atoms. The summed E-state index contributed by atoms with van der Waals surface area (Å²) in [6.45, 7) is 1.48. The Labute approximate surface area is 151 Å². The molecule has 1 amide bonds. The van der Waals surface area contributed by atoms with Gasteiger partial charge in [0.05, 0.1) is 11.0 Å². The Morgan fingerprint density at radius 3 is 2.96 bits per heavy atom. The van der Waals surface area contributed by atoms with Crippen LogP contribution in [0.15, 0.2) is 42.5 Å². The molecule has 0 saturated carbocycles. The lowest BCUT2D eigenvalue weighted by molar-refractivity contribution is 0.0951. The lowest BCUT2D eigenvalue weighted by Gasteiger charge is -2.07. The van der Waals surface area contributed by atoms with Crippen LogP contribution in [-0.2, 0) is 19.5 Å². The molecule has 0 unspecified atom stereocenters. The summed E-state index contributed by atoms with van der Waals surface area (Å²) >= 11 is 5.98. The van der Waals surface area contributed by atoms with Crippen LogP contribution in [0.5, 0.6) is 0 Å². The minimum Gasteiger partial charge on any atom is -0.348 e. The zero-order chi connectivity index (χ0) is 17.2. The summed E-state index contributed by atoms with van der Waals surface area (Å²) in [5, 5.41) is 3.62. The number of nitrogens with zero attached hydrogens (tertiary/aromatic N) is 2. The van der Waals surface area contributed by atoms with Crippen LogP contribution >= 0.6 is 11.6 Å². The van der Waals surface area contributed by atoms with Gasteiger partial charge >= 0.3 is 0 Å². The van der Waals surface area contributed by atoms with Crippen molar-refractivity contribution in [2.45, 2.75) is 38.8 Å². The highest BCUT2D eigenvalue weighted by Crippen LogP contribution is 2.23. The molecule has 5 heteroatoms. The number of benzene rings is 2. The molecule has 4 rings (SSSR count). The minimum absolute atomic E-state index is 0.0925. The quantitative estimate of drug-likeness (QED) is 0.761. The molecule has 1 aromatic heterocycles. The van der Waals surface area contributed by atoms with E-state index in [0.717, 1.165) is 35.4 Å². The zero-order valence-electron chi connectivity index (χ0n) is 14.0. The van der Waals surface area contributed by atoms with Crippen molar-refractivity contribution in [3.8, 4) is 0 Å². The van der Waals surface area contributed by atoms with E-state index in [1.807, 2.05) is 42.5 Å². The molecule has 3 aromatic rings. The molecule has 4 nitrogen and oxygen atoms in total. The van der Waals surface area contributed by atoms with E-state index in [2.05, 4.69) is 9.88 Å². The van der Waals surface area contributed by atoms with E-state index in [-0.39, 0.29) is 5.91 Å². The molecule has 0 atom stereocenters. The third kappa shape index (κ3) is 3.40. The summed E-state index contributed by atoms with van der Waals surface area (Å²) in [6, 6.07) is 13.3. The van der Waals surface area contributed by atoms with E-state index in [4.69, 9.17) is 16.6 Å². The van der Waals surface area contributed by atoms with Gasteiger partial charge in [-0.15, -0.1) is 0 Å². The van der Waals surface area contributed by atoms with Gasteiger partial charge in [-0.25, -0.2) is 4.98 Å². The van der Waals surface area contributed by atoms with E-state index in [0.29, 0.717) is 17.1 Å². The number of imidazole rings is 1. The van der Waals surface area contributed by atoms with Gasteiger partial charge < -0.3 is 9.88 Å². The van der Waals surface area contributed by atoms with Crippen molar-refractivity contribution in [2.24, 2.45) is 0 Å². The average molecular weight is 354 g/mol. The fraction of sp³-hybridized carbons (Fsp3) is 0.300. The standard InChI is InChI=1S/C20H20ClN3O/c21-16-6-4-5-14(11-16)13-22-20(25)15-8-9-18-17(12-15)23-19-7-2-1-3-10-24(18)19/h4-6,8-9,11-12H,1-3,7,10,13H2,(H,22,25). The van der Waals surface area contributed by atoms with E-state index in [1.165, 1.54) is 19.3 Å². The highest BCUT2D eigenvalue weighted by molar-refractivity contribution is 6.30. The van der Waals surface area contributed by atoms with Gasteiger partial charge in [-0.3, -0.25) is 4.79 Å². The lowest BCUT2D eigenvalue weighted by atomic mass is 10.1. The first-order chi connectivity index (χ1) is 12.2. The fourth-order valence-corrected chi connectivity index (χ4v) is 3.64. The molecule has 1 aliphatic rings. The fourth-order valence-electron chi connectivity index (χ4n) is 3.42. The number of aromatic nitrogens is 2. The van der Waals surface area contributed by atoms with Crippen LogP contribution in [0.4, 0.5) is 0 Å². The van der Waals surface area contributed by atoms with Crippen molar-refractivity contribution < 1.29 is 4.79 Å². The van der Waals surface area contributed by atoms with Gasteiger partial charge in [0.2, 0.25) is 0 Å². The Balaban J connectivity index is 1.54. The van der Waals surface area contributed by atoms with E-state index in [9.17, 15) is 4.79 Å². The molecule has 0 aliphatic carbocycles. The smallest absolute Gasteiger partial charge is 0.251 e. The molecular weight excluding hydrogens is 334 g/mol. The SMILES string of the molecule is O=C(NCc1cccc(Cl)c1)c1ccc2c(c1)nc1n2CCCCC1. The van der Waals surface area contributed by atoms with Crippen LogP contribution in [0.1, 0.15) is 41.0 Å². The van der Waals surface area contributed by atoms with E-state index in [1.54, 1.807) is 0 Å². The molecule has 0 radical (unpaired) electrons. The largest absolute Gasteiger partial charge is 0.348 e. The van der Waals surface area contributed by atoms with Crippen LogP contribution in [0.25, 0.3) is 11.0 Å². The number of nitrogens with one attached hydrogen (secondary N) is 1. The Morgan fingerprint density at radius 2 is 2.08 bits per heavy atom. The topological polar surface area (TPSA) is 46.9 Å². The Bertz CT molecular complexity index is 932. The van der Waals surface area contributed by atoms with Crippen LogP contribution < -0.4 is 5.32 Å². The minimum atomic E-state index is -0.0925. The van der Waals surface area contributed by atoms with Gasteiger partial charge in [0.15, 0.2) is 0 Å². The second kappa shape index (κ2) is 6.89. The zero-order valence-corrected chi connectivity index (χ0v) is 14.7. The predicted octanol–water partition coefficient (Wildman–Crippen LogP) is 4.35. The Hall–Kier alpha value is -2.33. The van der Waals surface area contributed by atoms with E-state index < -0.39 is 0 Å². The van der Waals surface area contributed by atoms with Crippen LogP contribution in [-0.4, -0.2) is 15.5 Å². The number of rotatable bonds is 3. The highest BCUT2D eigenvalue weighted by Gasteiger charge is 2.15. The third-order valence-corrected chi connectivity index (χ3v) is 4.95.